The summed E-state index contributed by atoms with van der Waals surface area (Å²) in [7, 11) is 0. The van der Waals surface area contributed by atoms with Gasteiger partial charge in [0.15, 0.2) is 0 Å². The van der Waals surface area contributed by atoms with Crippen molar-refractivity contribution < 1.29 is 4.79 Å². The summed E-state index contributed by atoms with van der Waals surface area (Å²) in [6, 6.07) is 9.86. The van der Waals surface area contributed by atoms with Crippen LogP contribution in [0.2, 0.25) is 0 Å². The molecule has 0 radical (unpaired) electrons. The van der Waals surface area contributed by atoms with Gasteiger partial charge in [-0.1, -0.05) is 18.2 Å². The van der Waals surface area contributed by atoms with Crippen molar-refractivity contribution >= 4 is 5.91 Å². The van der Waals surface area contributed by atoms with E-state index in [0.29, 0.717) is 6.54 Å². The van der Waals surface area contributed by atoms with Gasteiger partial charge in [-0.05, 0) is 42.2 Å². The van der Waals surface area contributed by atoms with Crippen molar-refractivity contribution in [3.8, 4) is 0 Å². The van der Waals surface area contributed by atoms with Gasteiger partial charge >= 0.3 is 0 Å². The molecule has 96 valence electrons. The summed E-state index contributed by atoms with van der Waals surface area (Å²) in [5.41, 5.74) is 4.30. The fraction of sp³-hybridized carbons (Fsp3) is 0.250. The largest absolute Gasteiger partial charge is 0.334 e. The highest BCUT2D eigenvalue weighted by molar-refractivity contribution is 5.96. The van der Waals surface area contributed by atoms with Crippen LogP contribution in [0.3, 0.4) is 0 Å². The van der Waals surface area contributed by atoms with Crippen molar-refractivity contribution in [1.29, 1.82) is 0 Å². The average molecular weight is 252 g/mol. The lowest BCUT2D eigenvalue weighted by Crippen LogP contribution is -2.37. The molecule has 1 aromatic heterocycles. The highest BCUT2D eigenvalue weighted by Gasteiger charge is 2.23. The van der Waals surface area contributed by atoms with Gasteiger partial charge in [0.25, 0.3) is 5.91 Å². The molecule has 0 N–H and O–H groups in total. The predicted molar refractivity (Wildman–Crippen MR) is 73.9 cm³/mol. The van der Waals surface area contributed by atoms with Crippen molar-refractivity contribution in [1.82, 2.24) is 9.88 Å². The van der Waals surface area contributed by atoms with Crippen LogP contribution in [-0.2, 0) is 13.0 Å². The normalized spacial score (nSPS) is 14.4. The number of aromatic nitrogens is 1. The van der Waals surface area contributed by atoms with Crippen LogP contribution in [0.4, 0.5) is 0 Å². The Kier molecular flexibility index (Phi) is 3.03. The Hall–Kier alpha value is -2.16. The van der Waals surface area contributed by atoms with Gasteiger partial charge < -0.3 is 4.90 Å². The standard InChI is InChI=1S/C16H16N2O/c1-12-6-8-17-10-14(12)11-18-9-7-13-4-2-3-5-15(13)16(18)19/h2-6,8,10H,7,9,11H2,1H3. The van der Waals surface area contributed by atoms with E-state index in [1.54, 1.807) is 6.20 Å². The molecule has 3 nitrogen and oxygen atoms in total. The Balaban J connectivity index is 1.85. The molecule has 1 aliphatic rings. The number of fused-ring (bicyclic) bond motifs is 1. The minimum absolute atomic E-state index is 0.130. The van der Waals surface area contributed by atoms with Crippen LogP contribution in [0.1, 0.15) is 27.0 Å². The number of nitrogens with zero attached hydrogens (tertiary/aromatic N) is 2. The summed E-state index contributed by atoms with van der Waals surface area (Å²) in [6.07, 6.45) is 4.57. The summed E-state index contributed by atoms with van der Waals surface area (Å²) in [5.74, 6) is 0.130. The first-order valence-electron chi connectivity index (χ1n) is 6.52. The average Bonchev–Trinajstić information content (AvgIpc) is 2.44. The Morgan fingerprint density at radius 2 is 2.11 bits per heavy atom. The van der Waals surface area contributed by atoms with Crippen LogP contribution >= 0.6 is 0 Å². The third-order valence-corrected chi connectivity index (χ3v) is 3.69. The summed E-state index contributed by atoms with van der Waals surface area (Å²) in [6.45, 7) is 3.48. The summed E-state index contributed by atoms with van der Waals surface area (Å²) >= 11 is 0. The number of rotatable bonds is 2. The first-order valence-corrected chi connectivity index (χ1v) is 6.52. The fourth-order valence-electron chi connectivity index (χ4n) is 2.49. The molecular formula is C16H16N2O. The van der Waals surface area contributed by atoms with Crippen molar-refractivity contribution in [2.45, 2.75) is 19.9 Å². The number of aryl methyl sites for hydroxylation is 1. The van der Waals surface area contributed by atoms with Gasteiger partial charge in [0.2, 0.25) is 0 Å². The number of benzene rings is 1. The highest BCUT2D eigenvalue weighted by Crippen LogP contribution is 2.20. The van der Waals surface area contributed by atoms with Gasteiger partial charge in [0.05, 0.1) is 0 Å². The minimum atomic E-state index is 0.130. The second kappa shape index (κ2) is 4.84. The second-order valence-corrected chi connectivity index (χ2v) is 4.94. The van der Waals surface area contributed by atoms with Crippen LogP contribution in [-0.4, -0.2) is 22.3 Å². The van der Waals surface area contributed by atoms with E-state index in [4.69, 9.17) is 0 Å². The topological polar surface area (TPSA) is 33.2 Å². The molecule has 2 aromatic rings. The maximum Gasteiger partial charge on any atom is 0.254 e. The fourth-order valence-corrected chi connectivity index (χ4v) is 2.49. The molecule has 1 aliphatic heterocycles. The molecule has 2 heterocycles. The van der Waals surface area contributed by atoms with Crippen LogP contribution in [0, 0.1) is 6.92 Å². The Bertz CT molecular complexity index is 622. The first kappa shape index (κ1) is 11.9. The van der Waals surface area contributed by atoms with Crippen molar-refractivity contribution in [3.05, 3.63) is 65.0 Å². The van der Waals surface area contributed by atoms with Gasteiger partial charge in [-0.2, -0.15) is 0 Å². The zero-order valence-electron chi connectivity index (χ0n) is 11.0. The maximum atomic E-state index is 12.4. The van der Waals surface area contributed by atoms with E-state index in [9.17, 15) is 4.79 Å². The second-order valence-electron chi connectivity index (χ2n) is 4.94. The van der Waals surface area contributed by atoms with Crippen LogP contribution in [0.15, 0.2) is 42.7 Å². The summed E-state index contributed by atoms with van der Waals surface area (Å²) in [4.78, 5) is 18.5. The number of carbonyl (C=O) groups is 1. The monoisotopic (exact) mass is 252 g/mol. The lowest BCUT2D eigenvalue weighted by Gasteiger charge is -2.29. The molecule has 0 spiro atoms. The van der Waals surface area contributed by atoms with E-state index >= 15 is 0 Å². The minimum Gasteiger partial charge on any atom is -0.334 e. The predicted octanol–water partition coefficient (Wildman–Crippen LogP) is 2.59. The number of pyridine rings is 1. The Morgan fingerprint density at radius 1 is 1.26 bits per heavy atom. The third kappa shape index (κ3) is 2.24. The molecular weight excluding hydrogens is 236 g/mol. The molecule has 3 rings (SSSR count). The number of carbonyl (C=O) groups excluding carboxylic acids is 1. The van der Waals surface area contributed by atoms with E-state index in [1.165, 1.54) is 5.56 Å². The van der Waals surface area contributed by atoms with E-state index in [1.807, 2.05) is 41.4 Å². The molecule has 0 atom stereocenters. The zero-order chi connectivity index (χ0) is 13.2. The lowest BCUT2D eigenvalue weighted by atomic mass is 9.98. The third-order valence-electron chi connectivity index (χ3n) is 3.69. The molecule has 19 heavy (non-hydrogen) atoms. The first-order chi connectivity index (χ1) is 9.25. The number of hydrogen-bond acceptors (Lipinski definition) is 2. The highest BCUT2D eigenvalue weighted by atomic mass is 16.2. The molecule has 0 fully saturated rings. The zero-order valence-corrected chi connectivity index (χ0v) is 11.0. The summed E-state index contributed by atoms with van der Waals surface area (Å²) < 4.78 is 0. The maximum absolute atomic E-state index is 12.4. The number of amides is 1. The van der Waals surface area contributed by atoms with Crippen LogP contribution in [0.5, 0.6) is 0 Å². The molecule has 1 aromatic carbocycles. The van der Waals surface area contributed by atoms with Gasteiger partial charge in [0.1, 0.15) is 0 Å². The number of hydrogen-bond donors (Lipinski definition) is 0. The lowest BCUT2D eigenvalue weighted by molar-refractivity contribution is 0.0726. The molecule has 0 unspecified atom stereocenters. The van der Waals surface area contributed by atoms with Crippen molar-refractivity contribution in [2.24, 2.45) is 0 Å². The van der Waals surface area contributed by atoms with E-state index in [2.05, 4.69) is 11.9 Å². The van der Waals surface area contributed by atoms with E-state index < -0.39 is 0 Å². The molecule has 0 bridgehead atoms. The quantitative estimate of drug-likeness (QED) is 0.823. The molecule has 0 saturated carbocycles. The molecule has 0 aliphatic carbocycles. The van der Waals surface area contributed by atoms with Gasteiger partial charge in [-0.25, -0.2) is 0 Å². The van der Waals surface area contributed by atoms with Crippen molar-refractivity contribution in [2.75, 3.05) is 6.54 Å². The molecule has 3 heteroatoms. The van der Waals surface area contributed by atoms with E-state index in [0.717, 1.165) is 29.7 Å². The van der Waals surface area contributed by atoms with Crippen molar-refractivity contribution in [3.63, 3.8) is 0 Å². The van der Waals surface area contributed by atoms with Gasteiger partial charge in [-0.3, -0.25) is 9.78 Å². The van der Waals surface area contributed by atoms with Gasteiger partial charge in [0, 0.05) is 31.0 Å². The Labute approximate surface area is 112 Å². The van der Waals surface area contributed by atoms with Crippen LogP contribution < -0.4 is 0 Å². The van der Waals surface area contributed by atoms with E-state index in [-0.39, 0.29) is 5.91 Å². The molecule has 1 amide bonds. The smallest absolute Gasteiger partial charge is 0.254 e. The SMILES string of the molecule is Cc1ccncc1CN1CCc2ccccc2C1=O. The molecule has 0 saturated heterocycles. The summed E-state index contributed by atoms with van der Waals surface area (Å²) in [5, 5.41) is 0. The Morgan fingerprint density at radius 3 is 2.95 bits per heavy atom. The van der Waals surface area contributed by atoms with Gasteiger partial charge in [-0.15, -0.1) is 0 Å². The van der Waals surface area contributed by atoms with Crippen LogP contribution in [0.25, 0.3) is 0 Å².